The van der Waals surface area contributed by atoms with Crippen LogP contribution in [0.5, 0.6) is 0 Å². The highest BCUT2D eigenvalue weighted by molar-refractivity contribution is 7.10. The number of rotatable bonds is 2. The van der Waals surface area contributed by atoms with Crippen LogP contribution in [0.2, 0.25) is 0 Å². The molecule has 3 rings (SSSR count). The number of nitrogens with zero attached hydrogens (tertiary/aromatic N) is 3. The van der Waals surface area contributed by atoms with Gasteiger partial charge in [-0.3, -0.25) is 4.90 Å². The third-order valence-corrected chi connectivity index (χ3v) is 4.55. The Morgan fingerprint density at radius 1 is 1.47 bits per heavy atom. The van der Waals surface area contributed by atoms with E-state index in [9.17, 15) is 0 Å². The molecule has 2 aliphatic heterocycles. The Hall–Kier alpha value is -1.32. The lowest BCUT2D eigenvalue weighted by Crippen LogP contribution is -2.33. The highest BCUT2D eigenvalue weighted by Gasteiger charge is 2.37. The third-order valence-electron chi connectivity index (χ3n) is 3.75. The normalized spacial score (nSPS) is 27.9. The fraction of sp³-hybridized carbons (Fsp3) is 0.636. The van der Waals surface area contributed by atoms with Crippen molar-refractivity contribution in [2.75, 3.05) is 24.1 Å². The van der Waals surface area contributed by atoms with Crippen molar-refractivity contribution in [2.24, 2.45) is 0 Å². The fourth-order valence-electron chi connectivity index (χ4n) is 2.93. The van der Waals surface area contributed by atoms with Gasteiger partial charge in [-0.2, -0.15) is 9.64 Å². The highest BCUT2D eigenvalue weighted by Crippen LogP contribution is 2.33. The average molecular weight is 249 g/mol. The number of nitriles is 1. The molecule has 0 bridgehead atoms. The van der Waals surface area contributed by atoms with Gasteiger partial charge in [0.05, 0.1) is 0 Å². The average Bonchev–Trinajstić information content (AvgIpc) is 2.97. The second kappa shape index (κ2) is 4.17. The van der Waals surface area contributed by atoms with Crippen LogP contribution in [0.15, 0.2) is 0 Å². The molecule has 0 amide bonds. The minimum atomic E-state index is 0.348. The number of nitrogens with one attached hydrogen (secondary N) is 1. The lowest BCUT2D eigenvalue weighted by molar-refractivity contribution is 0.318. The number of fused-ring (bicyclic) bond motifs is 1. The first-order valence-corrected chi connectivity index (χ1v) is 6.73. The van der Waals surface area contributed by atoms with Crippen LogP contribution in [-0.4, -0.2) is 34.4 Å². The lowest BCUT2D eigenvalue weighted by Gasteiger charge is -2.21. The zero-order valence-electron chi connectivity index (χ0n) is 9.52. The van der Waals surface area contributed by atoms with E-state index in [1.807, 2.05) is 0 Å². The van der Waals surface area contributed by atoms with Crippen LogP contribution in [0.4, 0.5) is 10.8 Å². The molecule has 6 heteroatoms. The summed E-state index contributed by atoms with van der Waals surface area (Å²) in [5.41, 5.74) is 6.17. The first-order valence-electron chi connectivity index (χ1n) is 5.95. The van der Waals surface area contributed by atoms with Gasteiger partial charge < -0.3 is 11.1 Å². The molecule has 2 unspecified atom stereocenters. The van der Waals surface area contributed by atoms with Crippen LogP contribution < -0.4 is 11.1 Å². The molecule has 2 saturated heterocycles. The smallest absolute Gasteiger partial charge is 0.157 e. The van der Waals surface area contributed by atoms with Gasteiger partial charge in [-0.25, -0.2) is 0 Å². The second-order valence-electron chi connectivity index (χ2n) is 4.67. The van der Waals surface area contributed by atoms with E-state index in [-0.39, 0.29) is 0 Å². The number of nitrogen functional groups attached to an aromatic ring is 1. The number of aromatic nitrogens is 1. The first kappa shape index (κ1) is 10.8. The van der Waals surface area contributed by atoms with Crippen molar-refractivity contribution >= 4 is 22.4 Å². The molecule has 0 spiro atoms. The van der Waals surface area contributed by atoms with Gasteiger partial charge in [0.25, 0.3) is 0 Å². The molecule has 2 aliphatic rings. The van der Waals surface area contributed by atoms with Gasteiger partial charge >= 0.3 is 0 Å². The number of hydrogen-bond acceptors (Lipinski definition) is 6. The molecule has 1 aromatic heterocycles. The molecule has 5 nitrogen and oxygen atoms in total. The maximum Gasteiger partial charge on any atom is 0.157 e. The predicted molar refractivity (Wildman–Crippen MR) is 67.9 cm³/mol. The summed E-state index contributed by atoms with van der Waals surface area (Å²) in [6.07, 6.45) is 3.69. The standard InChI is InChI=1S/C11H15N5S/c12-6-7-10(13)15-17-11(7)14-8-3-5-16-4-1-2-9(8)16/h8-9,14H,1-5H2,(H2,13,15). The summed E-state index contributed by atoms with van der Waals surface area (Å²) in [5.74, 6) is 0.348. The van der Waals surface area contributed by atoms with Crippen molar-refractivity contribution in [3.05, 3.63) is 5.56 Å². The highest BCUT2D eigenvalue weighted by atomic mass is 32.1. The number of hydrogen-bond donors (Lipinski definition) is 2. The van der Waals surface area contributed by atoms with Crippen LogP contribution >= 0.6 is 11.5 Å². The van der Waals surface area contributed by atoms with Gasteiger partial charge in [0.1, 0.15) is 16.6 Å². The van der Waals surface area contributed by atoms with Crippen LogP contribution in [0, 0.1) is 11.3 Å². The van der Waals surface area contributed by atoms with Gasteiger partial charge in [0.15, 0.2) is 5.82 Å². The van der Waals surface area contributed by atoms with E-state index < -0.39 is 0 Å². The summed E-state index contributed by atoms with van der Waals surface area (Å²) in [7, 11) is 0. The Balaban J connectivity index is 1.77. The SMILES string of the molecule is N#Cc1c(N)nsc1NC1CCN2CCCC12. The Morgan fingerprint density at radius 3 is 3.18 bits per heavy atom. The fourth-order valence-corrected chi connectivity index (χ4v) is 3.65. The Labute approximate surface area is 104 Å². The molecule has 0 aliphatic carbocycles. The molecule has 1 aromatic rings. The van der Waals surface area contributed by atoms with Crippen LogP contribution in [-0.2, 0) is 0 Å². The van der Waals surface area contributed by atoms with Gasteiger partial charge in [-0.15, -0.1) is 0 Å². The van der Waals surface area contributed by atoms with E-state index in [4.69, 9.17) is 11.0 Å². The molecule has 0 radical (unpaired) electrons. The molecule has 3 heterocycles. The third kappa shape index (κ3) is 1.75. The Morgan fingerprint density at radius 2 is 2.35 bits per heavy atom. The van der Waals surface area contributed by atoms with Crippen molar-refractivity contribution in [3.63, 3.8) is 0 Å². The second-order valence-corrected chi connectivity index (χ2v) is 5.44. The molecule has 0 aromatic carbocycles. The maximum absolute atomic E-state index is 9.04. The minimum Gasteiger partial charge on any atom is -0.382 e. The van der Waals surface area contributed by atoms with Crippen LogP contribution in [0.1, 0.15) is 24.8 Å². The van der Waals surface area contributed by atoms with E-state index in [2.05, 4.69) is 20.7 Å². The summed E-state index contributed by atoms with van der Waals surface area (Å²) in [5, 5.41) is 13.3. The summed E-state index contributed by atoms with van der Waals surface area (Å²) >= 11 is 1.29. The summed E-state index contributed by atoms with van der Waals surface area (Å²) < 4.78 is 4.04. The van der Waals surface area contributed by atoms with E-state index in [1.165, 1.54) is 37.5 Å². The van der Waals surface area contributed by atoms with E-state index in [0.717, 1.165) is 11.4 Å². The molecular formula is C11H15N5S. The van der Waals surface area contributed by atoms with Crippen molar-refractivity contribution < 1.29 is 0 Å². The monoisotopic (exact) mass is 249 g/mol. The summed E-state index contributed by atoms with van der Waals surface area (Å²) in [6.45, 7) is 2.39. The zero-order valence-corrected chi connectivity index (χ0v) is 10.3. The maximum atomic E-state index is 9.04. The quantitative estimate of drug-likeness (QED) is 0.824. The lowest BCUT2D eigenvalue weighted by atomic mass is 10.1. The molecule has 0 saturated carbocycles. The van der Waals surface area contributed by atoms with Gasteiger partial charge in [-0.05, 0) is 37.3 Å². The van der Waals surface area contributed by atoms with Gasteiger partial charge in [-0.1, -0.05) is 0 Å². The van der Waals surface area contributed by atoms with Crippen molar-refractivity contribution in [1.29, 1.82) is 5.26 Å². The molecule has 90 valence electrons. The van der Waals surface area contributed by atoms with Gasteiger partial charge in [0.2, 0.25) is 0 Å². The topological polar surface area (TPSA) is 78.0 Å². The van der Waals surface area contributed by atoms with Crippen LogP contribution in [0.25, 0.3) is 0 Å². The molecule has 2 fully saturated rings. The summed E-state index contributed by atoms with van der Waals surface area (Å²) in [4.78, 5) is 2.54. The van der Waals surface area contributed by atoms with Crippen molar-refractivity contribution in [1.82, 2.24) is 9.27 Å². The predicted octanol–water partition coefficient (Wildman–Crippen LogP) is 1.25. The Bertz CT molecular complexity index is 463. The number of anilines is 2. The molecule has 3 N–H and O–H groups in total. The first-order chi connectivity index (χ1) is 8.29. The molecule has 2 atom stereocenters. The zero-order chi connectivity index (χ0) is 11.8. The number of nitrogens with two attached hydrogens (primary N) is 1. The van der Waals surface area contributed by atoms with Crippen molar-refractivity contribution in [3.8, 4) is 6.07 Å². The van der Waals surface area contributed by atoms with E-state index in [0.29, 0.717) is 23.5 Å². The Kier molecular flexibility index (Phi) is 2.65. The molecular weight excluding hydrogens is 234 g/mol. The van der Waals surface area contributed by atoms with E-state index >= 15 is 0 Å². The van der Waals surface area contributed by atoms with E-state index in [1.54, 1.807) is 0 Å². The van der Waals surface area contributed by atoms with Crippen molar-refractivity contribution in [2.45, 2.75) is 31.3 Å². The van der Waals surface area contributed by atoms with Gasteiger partial charge in [0, 0.05) is 18.6 Å². The minimum absolute atomic E-state index is 0.348. The largest absolute Gasteiger partial charge is 0.382 e. The van der Waals surface area contributed by atoms with Crippen LogP contribution in [0.3, 0.4) is 0 Å². The summed E-state index contributed by atoms with van der Waals surface area (Å²) in [6, 6.07) is 3.20. The molecule has 17 heavy (non-hydrogen) atoms.